The molecule has 0 atom stereocenters. The van der Waals surface area contributed by atoms with E-state index < -0.39 is 0 Å². The van der Waals surface area contributed by atoms with Crippen LogP contribution in [0, 0.1) is 0 Å². The van der Waals surface area contributed by atoms with Crippen molar-refractivity contribution in [1.82, 2.24) is 5.32 Å². The van der Waals surface area contributed by atoms with Gasteiger partial charge in [0.15, 0.2) is 0 Å². The Morgan fingerprint density at radius 3 is 2.55 bits per heavy atom. The lowest BCUT2D eigenvalue weighted by atomic mass is 10.2. The highest BCUT2D eigenvalue weighted by Crippen LogP contribution is 2.21. The van der Waals surface area contributed by atoms with Crippen molar-refractivity contribution in [2.75, 3.05) is 33.4 Å². The number of hydrogen-bond donors (Lipinski definition) is 1. The fraction of sp³-hybridized carbons (Fsp3) is 0.778. The van der Waals surface area contributed by atoms with E-state index >= 15 is 0 Å². The van der Waals surface area contributed by atoms with Crippen LogP contribution < -0.4 is 5.32 Å². The zero-order valence-electron chi connectivity index (χ0n) is 7.69. The summed E-state index contributed by atoms with van der Waals surface area (Å²) in [7, 11) is 2.02. The van der Waals surface area contributed by atoms with Gasteiger partial charge < -0.3 is 0 Å². The highest BCUT2D eigenvalue weighted by molar-refractivity contribution is 4.93. The quantitative estimate of drug-likeness (QED) is 0.354. The Balaban J connectivity index is 2.29. The third-order valence-corrected chi connectivity index (χ3v) is 2.41. The average molecular weight is 155 g/mol. The van der Waals surface area contributed by atoms with Crippen LogP contribution in [-0.2, 0) is 0 Å². The predicted octanol–water partition coefficient (Wildman–Crippen LogP) is 0.960. The fourth-order valence-corrected chi connectivity index (χ4v) is 1.44. The topological polar surface area (TPSA) is 12.0 Å². The van der Waals surface area contributed by atoms with Gasteiger partial charge in [-0.15, -0.1) is 0 Å². The van der Waals surface area contributed by atoms with Crippen molar-refractivity contribution in [2.24, 2.45) is 0 Å². The Bertz CT molecular complexity index is 148. The summed E-state index contributed by atoms with van der Waals surface area (Å²) in [6.07, 6.45) is 1.13. The second-order valence-corrected chi connectivity index (χ2v) is 3.56. The van der Waals surface area contributed by atoms with Gasteiger partial charge in [0.25, 0.3) is 0 Å². The summed E-state index contributed by atoms with van der Waals surface area (Å²) in [5, 5.41) is 3.23. The van der Waals surface area contributed by atoms with Crippen molar-refractivity contribution >= 4 is 0 Å². The van der Waals surface area contributed by atoms with Gasteiger partial charge in [0.05, 0.1) is 0 Å². The van der Waals surface area contributed by atoms with Crippen LogP contribution in [0.1, 0.15) is 13.3 Å². The first kappa shape index (κ1) is 8.75. The third kappa shape index (κ3) is 2.31. The van der Waals surface area contributed by atoms with Crippen molar-refractivity contribution < 1.29 is 4.48 Å². The van der Waals surface area contributed by atoms with E-state index in [1.165, 1.54) is 29.7 Å². The zero-order valence-corrected chi connectivity index (χ0v) is 7.69. The van der Waals surface area contributed by atoms with Crippen LogP contribution in [0.4, 0.5) is 0 Å². The number of nitrogens with zero attached hydrogens (tertiary/aromatic N) is 1. The molecule has 0 aliphatic carbocycles. The SMILES string of the molecule is C=C(CC)C[N+]1(CNC)CC1. The van der Waals surface area contributed by atoms with Gasteiger partial charge in [-0.25, -0.2) is 0 Å². The van der Waals surface area contributed by atoms with Crippen LogP contribution in [0.25, 0.3) is 0 Å². The van der Waals surface area contributed by atoms with E-state index in [1.54, 1.807) is 0 Å². The van der Waals surface area contributed by atoms with Gasteiger partial charge in [-0.3, -0.25) is 9.80 Å². The first-order chi connectivity index (χ1) is 5.22. The van der Waals surface area contributed by atoms with E-state index in [-0.39, 0.29) is 0 Å². The second-order valence-electron chi connectivity index (χ2n) is 3.56. The molecule has 0 amide bonds. The standard InChI is InChI=1S/C9H19N2/c1-4-9(2)7-11(5-6-11)8-10-3/h10H,2,4-8H2,1,3H3/q+1. The first-order valence-electron chi connectivity index (χ1n) is 4.39. The van der Waals surface area contributed by atoms with Gasteiger partial charge >= 0.3 is 0 Å². The van der Waals surface area contributed by atoms with Crippen LogP contribution in [0.15, 0.2) is 12.2 Å². The predicted molar refractivity (Wildman–Crippen MR) is 48.2 cm³/mol. The van der Waals surface area contributed by atoms with Crippen molar-refractivity contribution in [3.8, 4) is 0 Å². The molecule has 1 fully saturated rings. The Hall–Kier alpha value is -0.340. The van der Waals surface area contributed by atoms with E-state index in [4.69, 9.17) is 0 Å². The van der Waals surface area contributed by atoms with Crippen LogP contribution in [0.2, 0.25) is 0 Å². The number of nitrogens with one attached hydrogen (secondary N) is 1. The Morgan fingerprint density at radius 2 is 2.18 bits per heavy atom. The summed E-state index contributed by atoms with van der Waals surface area (Å²) in [5.41, 5.74) is 1.39. The summed E-state index contributed by atoms with van der Waals surface area (Å²) < 4.78 is 1.23. The van der Waals surface area contributed by atoms with Crippen LogP contribution in [-0.4, -0.2) is 37.8 Å². The lowest BCUT2D eigenvalue weighted by Crippen LogP contribution is -2.36. The summed E-state index contributed by atoms with van der Waals surface area (Å²) in [6.45, 7) is 11.2. The van der Waals surface area contributed by atoms with E-state index in [1.807, 2.05) is 7.05 Å². The van der Waals surface area contributed by atoms with Crippen molar-refractivity contribution in [3.05, 3.63) is 12.2 Å². The third-order valence-electron chi connectivity index (χ3n) is 2.41. The molecule has 64 valence electrons. The van der Waals surface area contributed by atoms with Gasteiger partial charge in [0.1, 0.15) is 26.3 Å². The highest BCUT2D eigenvalue weighted by Gasteiger charge is 2.41. The number of hydrogen-bond acceptors (Lipinski definition) is 1. The van der Waals surface area contributed by atoms with Crippen molar-refractivity contribution in [2.45, 2.75) is 13.3 Å². The van der Waals surface area contributed by atoms with E-state index in [9.17, 15) is 0 Å². The maximum absolute atomic E-state index is 4.04. The molecule has 2 nitrogen and oxygen atoms in total. The largest absolute Gasteiger partial charge is 0.299 e. The Kier molecular flexibility index (Phi) is 2.68. The molecule has 0 radical (unpaired) electrons. The molecule has 0 saturated carbocycles. The summed E-state index contributed by atoms with van der Waals surface area (Å²) >= 11 is 0. The van der Waals surface area contributed by atoms with Crippen molar-refractivity contribution in [3.63, 3.8) is 0 Å². The van der Waals surface area contributed by atoms with E-state index in [2.05, 4.69) is 18.8 Å². The molecule has 0 bridgehead atoms. The highest BCUT2D eigenvalue weighted by atomic mass is 15.5. The maximum atomic E-state index is 4.04. The van der Waals surface area contributed by atoms with E-state index in [0.717, 1.165) is 13.1 Å². The molecular weight excluding hydrogens is 136 g/mol. The van der Waals surface area contributed by atoms with Gasteiger partial charge in [0, 0.05) is 0 Å². The molecule has 1 heterocycles. The molecule has 2 heteroatoms. The molecule has 11 heavy (non-hydrogen) atoms. The fourth-order valence-electron chi connectivity index (χ4n) is 1.44. The lowest BCUT2D eigenvalue weighted by molar-refractivity contribution is -0.797. The first-order valence-corrected chi connectivity index (χ1v) is 4.39. The van der Waals surface area contributed by atoms with Gasteiger partial charge in [-0.1, -0.05) is 13.5 Å². The molecule has 0 spiro atoms. The minimum absolute atomic E-state index is 1.11. The average Bonchev–Trinajstić information content (AvgIpc) is 2.70. The molecule has 0 aromatic rings. The Morgan fingerprint density at radius 1 is 1.55 bits per heavy atom. The Labute approximate surface area is 69.5 Å². The minimum atomic E-state index is 1.11. The zero-order chi connectivity index (χ0) is 8.32. The van der Waals surface area contributed by atoms with Crippen LogP contribution in [0.3, 0.4) is 0 Å². The molecule has 0 unspecified atom stereocenters. The maximum Gasteiger partial charge on any atom is 0.132 e. The summed E-state index contributed by atoms with van der Waals surface area (Å²) in [6, 6.07) is 0. The number of quaternary nitrogens is 1. The molecule has 1 aliphatic rings. The van der Waals surface area contributed by atoms with Gasteiger partial charge in [0.2, 0.25) is 0 Å². The second kappa shape index (κ2) is 3.37. The van der Waals surface area contributed by atoms with Gasteiger partial charge in [-0.2, -0.15) is 0 Å². The normalized spacial score (nSPS) is 19.8. The van der Waals surface area contributed by atoms with Gasteiger partial charge in [-0.05, 0) is 19.0 Å². The summed E-state index contributed by atoms with van der Waals surface area (Å²) in [5.74, 6) is 0. The van der Waals surface area contributed by atoms with Crippen LogP contribution in [0.5, 0.6) is 0 Å². The van der Waals surface area contributed by atoms with Crippen molar-refractivity contribution in [1.29, 1.82) is 0 Å². The monoisotopic (exact) mass is 155 g/mol. The molecule has 1 saturated heterocycles. The lowest BCUT2D eigenvalue weighted by Gasteiger charge is -2.18. The molecule has 1 rings (SSSR count). The van der Waals surface area contributed by atoms with E-state index in [0.29, 0.717) is 0 Å². The minimum Gasteiger partial charge on any atom is -0.299 e. The van der Waals surface area contributed by atoms with Crippen LogP contribution >= 0.6 is 0 Å². The molecule has 1 N–H and O–H groups in total. The molecule has 0 aromatic heterocycles. The molecule has 1 aliphatic heterocycles. The summed E-state index contributed by atoms with van der Waals surface area (Å²) in [4.78, 5) is 0. The number of rotatable bonds is 5. The smallest absolute Gasteiger partial charge is 0.132 e. The molecular formula is C9H19N2+. The molecule has 0 aromatic carbocycles.